The summed E-state index contributed by atoms with van der Waals surface area (Å²) >= 11 is 0. The number of methoxy groups -OCH3 is 2. The first kappa shape index (κ1) is 17.3. The van der Waals surface area contributed by atoms with Gasteiger partial charge in [-0.3, -0.25) is 4.98 Å². The molecule has 0 spiro atoms. The minimum absolute atomic E-state index is 0.477. The van der Waals surface area contributed by atoms with E-state index in [2.05, 4.69) is 58.8 Å². The number of ether oxygens (including phenoxy) is 2. The summed E-state index contributed by atoms with van der Waals surface area (Å²) in [6, 6.07) is 22.8. The zero-order valence-corrected chi connectivity index (χ0v) is 15.5. The highest BCUT2D eigenvalue weighted by Crippen LogP contribution is 2.29. The summed E-state index contributed by atoms with van der Waals surface area (Å²) in [5, 5.41) is 7.14. The van der Waals surface area contributed by atoms with Crippen LogP contribution in [0.3, 0.4) is 0 Å². The molecule has 0 aliphatic carbocycles. The summed E-state index contributed by atoms with van der Waals surface area (Å²) in [7, 11) is 3.36. The van der Waals surface area contributed by atoms with Crippen molar-refractivity contribution in [3.63, 3.8) is 0 Å². The molecule has 0 atom stereocenters. The van der Waals surface area contributed by atoms with E-state index in [4.69, 9.17) is 9.47 Å². The standard InChI is InChI=1S/C23H22N2O2/c1-26-15-18-12-23(21-13-19(27-2)10-11-22(21)25-18)24-14-17-8-5-7-16-6-3-4-9-20(16)17/h3-13H,14-15H2,1-2H3,(H,24,25). The molecule has 4 nitrogen and oxygen atoms in total. The van der Waals surface area contributed by atoms with E-state index in [0.29, 0.717) is 6.61 Å². The lowest BCUT2D eigenvalue weighted by molar-refractivity contribution is 0.182. The number of hydrogen-bond acceptors (Lipinski definition) is 4. The van der Waals surface area contributed by atoms with E-state index >= 15 is 0 Å². The smallest absolute Gasteiger partial charge is 0.119 e. The van der Waals surface area contributed by atoms with Crippen molar-refractivity contribution in [1.82, 2.24) is 4.98 Å². The normalized spacial score (nSPS) is 11.0. The van der Waals surface area contributed by atoms with Crippen LogP contribution < -0.4 is 10.1 Å². The van der Waals surface area contributed by atoms with Gasteiger partial charge in [-0.05, 0) is 40.6 Å². The lowest BCUT2D eigenvalue weighted by Gasteiger charge is -2.14. The van der Waals surface area contributed by atoms with Crippen molar-refractivity contribution in [3.8, 4) is 5.75 Å². The van der Waals surface area contributed by atoms with E-state index in [1.165, 1.54) is 16.3 Å². The van der Waals surface area contributed by atoms with Crippen molar-refractivity contribution in [1.29, 1.82) is 0 Å². The van der Waals surface area contributed by atoms with Crippen molar-refractivity contribution in [2.45, 2.75) is 13.2 Å². The van der Waals surface area contributed by atoms with Gasteiger partial charge >= 0.3 is 0 Å². The van der Waals surface area contributed by atoms with Gasteiger partial charge in [-0.25, -0.2) is 0 Å². The Hall–Kier alpha value is -3.11. The number of fused-ring (bicyclic) bond motifs is 2. The fourth-order valence-corrected chi connectivity index (χ4v) is 3.39. The summed E-state index contributed by atoms with van der Waals surface area (Å²) in [5.74, 6) is 0.817. The van der Waals surface area contributed by atoms with E-state index in [1.807, 2.05) is 18.2 Å². The monoisotopic (exact) mass is 358 g/mol. The zero-order valence-electron chi connectivity index (χ0n) is 15.5. The second kappa shape index (κ2) is 7.64. The molecule has 0 amide bonds. The number of nitrogens with zero attached hydrogens (tertiary/aromatic N) is 1. The zero-order chi connectivity index (χ0) is 18.6. The van der Waals surface area contributed by atoms with Gasteiger partial charge in [0.25, 0.3) is 0 Å². The van der Waals surface area contributed by atoms with Crippen LogP contribution in [-0.2, 0) is 17.9 Å². The Bertz CT molecular complexity index is 1090. The third-order valence-electron chi connectivity index (χ3n) is 4.71. The van der Waals surface area contributed by atoms with Crippen LogP contribution in [0.4, 0.5) is 5.69 Å². The molecule has 1 heterocycles. The number of hydrogen-bond donors (Lipinski definition) is 1. The molecule has 0 bridgehead atoms. The highest BCUT2D eigenvalue weighted by molar-refractivity contribution is 5.93. The van der Waals surface area contributed by atoms with Crippen LogP contribution >= 0.6 is 0 Å². The Balaban J connectivity index is 1.73. The van der Waals surface area contributed by atoms with Gasteiger partial charge < -0.3 is 14.8 Å². The first-order chi connectivity index (χ1) is 13.3. The SMILES string of the molecule is COCc1cc(NCc2cccc3ccccc23)c2cc(OC)ccc2n1. The van der Waals surface area contributed by atoms with Crippen LogP contribution in [0.5, 0.6) is 5.75 Å². The topological polar surface area (TPSA) is 43.4 Å². The first-order valence-corrected chi connectivity index (χ1v) is 8.95. The predicted octanol–water partition coefficient (Wildman–Crippen LogP) is 5.16. The van der Waals surface area contributed by atoms with Gasteiger partial charge in [0.15, 0.2) is 0 Å². The average molecular weight is 358 g/mol. The van der Waals surface area contributed by atoms with Gasteiger partial charge in [0.1, 0.15) is 5.75 Å². The average Bonchev–Trinajstić information content (AvgIpc) is 2.72. The number of rotatable bonds is 6. The Morgan fingerprint density at radius 3 is 2.59 bits per heavy atom. The number of aromatic nitrogens is 1. The molecule has 0 fully saturated rings. The van der Waals surface area contributed by atoms with Crippen molar-refractivity contribution in [2.24, 2.45) is 0 Å². The lowest BCUT2D eigenvalue weighted by Crippen LogP contribution is -2.03. The predicted molar refractivity (Wildman–Crippen MR) is 110 cm³/mol. The second-order valence-corrected chi connectivity index (χ2v) is 6.47. The molecule has 0 radical (unpaired) electrons. The third-order valence-corrected chi connectivity index (χ3v) is 4.71. The Kier molecular flexibility index (Phi) is 4.90. The van der Waals surface area contributed by atoms with Gasteiger partial charge in [0, 0.05) is 24.7 Å². The van der Waals surface area contributed by atoms with Gasteiger partial charge in [-0.15, -0.1) is 0 Å². The van der Waals surface area contributed by atoms with Gasteiger partial charge in [-0.2, -0.15) is 0 Å². The van der Waals surface area contributed by atoms with Gasteiger partial charge in [0.2, 0.25) is 0 Å². The lowest BCUT2D eigenvalue weighted by atomic mass is 10.0. The van der Waals surface area contributed by atoms with E-state index < -0.39 is 0 Å². The quantitative estimate of drug-likeness (QED) is 0.517. The number of anilines is 1. The molecule has 4 heteroatoms. The van der Waals surface area contributed by atoms with E-state index in [-0.39, 0.29) is 0 Å². The molecule has 4 rings (SSSR count). The van der Waals surface area contributed by atoms with E-state index in [0.717, 1.165) is 34.6 Å². The number of benzene rings is 3. The number of pyridine rings is 1. The molecule has 0 saturated carbocycles. The molecular weight excluding hydrogens is 336 g/mol. The molecule has 4 aromatic rings. The molecule has 27 heavy (non-hydrogen) atoms. The Labute approximate surface area is 158 Å². The number of nitrogens with one attached hydrogen (secondary N) is 1. The highest BCUT2D eigenvalue weighted by atomic mass is 16.5. The maximum atomic E-state index is 5.40. The van der Waals surface area contributed by atoms with Crippen LogP contribution in [0.25, 0.3) is 21.7 Å². The van der Waals surface area contributed by atoms with Crippen LogP contribution in [0.1, 0.15) is 11.3 Å². The molecule has 136 valence electrons. The van der Waals surface area contributed by atoms with Crippen LogP contribution in [0, 0.1) is 0 Å². The van der Waals surface area contributed by atoms with Crippen LogP contribution in [0.15, 0.2) is 66.7 Å². The Morgan fingerprint density at radius 2 is 1.74 bits per heavy atom. The third kappa shape index (κ3) is 3.57. The minimum Gasteiger partial charge on any atom is -0.497 e. The maximum absolute atomic E-state index is 5.40. The van der Waals surface area contributed by atoms with E-state index in [9.17, 15) is 0 Å². The van der Waals surface area contributed by atoms with E-state index in [1.54, 1.807) is 14.2 Å². The summed E-state index contributed by atoms with van der Waals surface area (Å²) < 4.78 is 10.7. The maximum Gasteiger partial charge on any atom is 0.119 e. The first-order valence-electron chi connectivity index (χ1n) is 8.95. The van der Waals surface area contributed by atoms with Crippen molar-refractivity contribution in [2.75, 3.05) is 19.5 Å². The molecule has 0 aliphatic heterocycles. The summed E-state index contributed by atoms with van der Waals surface area (Å²) in [5.41, 5.74) is 4.11. The second-order valence-electron chi connectivity index (χ2n) is 6.47. The van der Waals surface area contributed by atoms with Gasteiger partial charge in [0.05, 0.1) is 24.9 Å². The summed E-state index contributed by atoms with van der Waals surface area (Å²) in [6.07, 6.45) is 0. The fourth-order valence-electron chi connectivity index (χ4n) is 3.39. The molecule has 0 aliphatic rings. The minimum atomic E-state index is 0.477. The van der Waals surface area contributed by atoms with Crippen LogP contribution in [0.2, 0.25) is 0 Å². The molecule has 0 unspecified atom stereocenters. The van der Waals surface area contributed by atoms with Crippen molar-refractivity contribution in [3.05, 3.63) is 78.0 Å². The molecular formula is C23H22N2O2. The summed E-state index contributed by atoms with van der Waals surface area (Å²) in [4.78, 5) is 4.69. The molecule has 0 saturated heterocycles. The largest absolute Gasteiger partial charge is 0.497 e. The molecule has 1 aromatic heterocycles. The Morgan fingerprint density at radius 1 is 0.889 bits per heavy atom. The summed E-state index contributed by atoms with van der Waals surface area (Å²) in [6.45, 7) is 1.20. The van der Waals surface area contributed by atoms with Crippen molar-refractivity contribution < 1.29 is 9.47 Å². The molecule has 1 N–H and O–H groups in total. The molecule has 3 aromatic carbocycles. The van der Waals surface area contributed by atoms with Gasteiger partial charge in [-0.1, -0.05) is 42.5 Å². The van der Waals surface area contributed by atoms with Crippen molar-refractivity contribution >= 4 is 27.4 Å². The highest BCUT2D eigenvalue weighted by Gasteiger charge is 2.08. The van der Waals surface area contributed by atoms with Crippen LogP contribution in [-0.4, -0.2) is 19.2 Å². The fraction of sp³-hybridized carbons (Fsp3) is 0.174.